The number of hydrogen-bond acceptors (Lipinski definition) is 3. The van der Waals surface area contributed by atoms with Crippen molar-refractivity contribution >= 4 is 11.6 Å². The summed E-state index contributed by atoms with van der Waals surface area (Å²) in [4.78, 5) is 2.47. The first-order chi connectivity index (χ1) is 7.79. The van der Waals surface area contributed by atoms with Gasteiger partial charge in [-0.15, -0.1) is 0 Å². The van der Waals surface area contributed by atoms with Gasteiger partial charge in [-0.25, -0.2) is 0 Å². The fraction of sp³-hybridized carbons (Fsp3) is 0.833. The molecule has 0 bridgehead atoms. The molecule has 1 aliphatic heterocycles. The molecule has 2 aliphatic rings. The van der Waals surface area contributed by atoms with Crippen LogP contribution >= 0.6 is 11.6 Å². The predicted molar refractivity (Wildman–Crippen MR) is 66.8 cm³/mol. The third-order valence-electron chi connectivity index (χ3n) is 3.21. The zero-order valence-electron chi connectivity index (χ0n) is 9.92. The van der Waals surface area contributed by atoms with Crippen molar-refractivity contribution in [1.29, 1.82) is 0 Å². The van der Waals surface area contributed by atoms with Crippen LogP contribution in [0.15, 0.2) is 11.1 Å². The summed E-state index contributed by atoms with van der Waals surface area (Å²) < 4.78 is 5.55. The van der Waals surface area contributed by atoms with Gasteiger partial charge in [0.25, 0.3) is 0 Å². The normalized spacial score (nSPS) is 28.4. The molecule has 2 rings (SSSR count). The lowest BCUT2D eigenvalue weighted by molar-refractivity contribution is -0.00229. The maximum Gasteiger partial charge on any atom is 0.0635 e. The predicted octanol–water partition coefficient (Wildman–Crippen LogP) is 1.58. The zero-order chi connectivity index (χ0) is 11.4. The summed E-state index contributed by atoms with van der Waals surface area (Å²) in [6.45, 7) is 6.78. The molecular formula is C12H21ClN2O. The lowest BCUT2D eigenvalue weighted by atomic mass is 10.2. The second-order valence-electron chi connectivity index (χ2n) is 4.84. The van der Waals surface area contributed by atoms with Crippen LogP contribution in [0, 0.1) is 0 Å². The van der Waals surface area contributed by atoms with E-state index in [-0.39, 0.29) is 0 Å². The smallest absolute Gasteiger partial charge is 0.0635 e. The van der Waals surface area contributed by atoms with Crippen LogP contribution in [0.25, 0.3) is 0 Å². The van der Waals surface area contributed by atoms with E-state index in [2.05, 4.69) is 17.1 Å². The average molecular weight is 245 g/mol. The van der Waals surface area contributed by atoms with Crippen LogP contribution in [0.4, 0.5) is 0 Å². The molecule has 0 aromatic heterocycles. The van der Waals surface area contributed by atoms with Crippen LogP contribution in [0.2, 0.25) is 0 Å². The number of nitrogens with one attached hydrogen (secondary N) is 1. The third-order valence-corrected chi connectivity index (χ3v) is 3.58. The Kier molecular flexibility index (Phi) is 4.65. The summed E-state index contributed by atoms with van der Waals surface area (Å²) in [5.74, 6) is 0. The van der Waals surface area contributed by atoms with E-state index in [1.807, 2.05) is 0 Å². The first-order valence-corrected chi connectivity index (χ1v) is 6.54. The molecule has 1 unspecified atom stereocenters. The Hall–Kier alpha value is -0.0900. The molecule has 1 saturated carbocycles. The highest BCUT2D eigenvalue weighted by molar-refractivity contribution is 6.25. The van der Waals surface area contributed by atoms with Crippen molar-refractivity contribution in [1.82, 2.24) is 10.2 Å². The Morgan fingerprint density at radius 3 is 3.06 bits per heavy atom. The van der Waals surface area contributed by atoms with E-state index in [9.17, 15) is 0 Å². The minimum Gasteiger partial charge on any atom is -0.378 e. The van der Waals surface area contributed by atoms with Crippen LogP contribution in [0.5, 0.6) is 0 Å². The maximum atomic E-state index is 5.72. The van der Waals surface area contributed by atoms with Crippen LogP contribution in [0.1, 0.15) is 19.8 Å². The van der Waals surface area contributed by atoms with Gasteiger partial charge < -0.3 is 10.1 Å². The molecule has 1 atom stereocenters. The number of rotatable bonds is 5. The summed E-state index contributed by atoms with van der Waals surface area (Å²) in [5.41, 5.74) is 2.90. The Morgan fingerprint density at radius 1 is 1.56 bits per heavy atom. The molecule has 3 nitrogen and oxygen atoms in total. The van der Waals surface area contributed by atoms with Crippen molar-refractivity contribution in [3.8, 4) is 0 Å². The molecule has 2 fully saturated rings. The monoisotopic (exact) mass is 244 g/mol. The Bertz CT molecular complexity index is 253. The minimum atomic E-state index is 0.501. The van der Waals surface area contributed by atoms with Gasteiger partial charge >= 0.3 is 0 Å². The topological polar surface area (TPSA) is 24.5 Å². The van der Waals surface area contributed by atoms with Gasteiger partial charge in [-0.2, -0.15) is 0 Å². The van der Waals surface area contributed by atoms with E-state index < -0.39 is 0 Å². The van der Waals surface area contributed by atoms with Crippen LogP contribution in [-0.2, 0) is 4.74 Å². The number of hydrogen-bond donors (Lipinski definition) is 1. The molecule has 4 heteroatoms. The standard InChI is InChI=1S/C12H21ClN2O/c1-10(6-13)8-15-4-5-16-9-12(15)7-14-11-2-3-11/h6,11-12,14H,2-5,7-9H2,1H3. The summed E-state index contributed by atoms with van der Waals surface area (Å²) in [6, 6.07) is 1.27. The zero-order valence-corrected chi connectivity index (χ0v) is 10.7. The molecule has 1 heterocycles. The largest absolute Gasteiger partial charge is 0.378 e. The Labute approximate surface area is 103 Å². The van der Waals surface area contributed by atoms with Crippen molar-refractivity contribution in [2.24, 2.45) is 0 Å². The van der Waals surface area contributed by atoms with Crippen LogP contribution in [0.3, 0.4) is 0 Å². The average Bonchev–Trinajstić information content (AvgIpc) is 3.11. The molecule has 0 spiro atoms. The van der Waals surface area contributed by atoms with Crippen molar-refractivity contribution in [2.75, 3.05) is 32.8 Å². The second-order valence-corrected chi connectivity index (χ2v) is 5.06. The fourth-order valence-electron chi connectivity index (χ4n) is 2.03. The number of halogens is 1. The van der Waals surface area contributed by atoms with E-state index in [0.717, 1.165) is 38.9 Å². The van der Waals surface area contributed by atoms with Gasteiger partial charge in [-0.3, -0.25) is 4.90 Å². The van der Waals surface area contributed by atoms with E-state index in [0.29, 0.717) is 6.04 Å². The van der Waals surface area contributed by atoms with Crippen molar-refractivity contribution in [3.05, 3.63) is 11.1 Å². The van der Waals surface area contributed by atoms with E-state index in [1.165, 1.54) is 18.4 Å². The van der Waals surface area contributed by atoms with Gasteiger partial charge in [0, 0.05) is 37.3 Å². The molecule has 1 saturated heterocycles. The highest BCUT2D eigenvalue weighted by Gasteiger charge is 2.26. The van der Waals surface area contributed by atoms with Crippen molar-refractivity contribution in [3.63, 3.8) is 0 Å². The van der Waals surface area contributed by atoms with Gasteiger partial charge in [-0.05, 0) is 25.3 Å². The molecule has 0 amide bonds. The number of ether oxygens (including phenoxy) is 1. The highest BCUT2D eigenvalue weighted by Crippen LogP contribution is 2.19. The second kappa shape index (κ2) is 6.01. The molecule has 0 aromatic rings. The maximum absolute atomic E-state index is 5.72. The number of nitrogens with zero attached hydrogens (tertiary/aromatic N) is 1. The molecule has 1 N–H and O–H groups in total. The van der Waals surface area contributed by atoms with Crippen LogP contribution in [-0.4, -0.2) is 49.8 Å². The van der Waals surface area contributed by atoms with Crippen LogP contribution < -0.4 is 5.32 Å². The summed E-state index contributed by atoms with van der Waals surface area (Å²) >= 11 is 5.72. The van der Waals surface area contributed by atoms with E-state index in [1.54, 1.807) is 5.54 Å². The highest BCUT2D eigenvalue weighted by atomic mass is 35.5. The summed E-state index contributed by atoms with van der Waals surface area (Å²) in [5, 5.41) is 3.57. The van der Waals surface area contributed by atoms with Gasteiger partial charge in [0.05, 0.1) is 13.2 Å². The molecule has 1 aliphatic carbocycles. The lowest BCUT2D eigenvalue weighted by Gasteiger charge is -2.35. The molecular weight excluding hydrogens is 224 g/mol. The summed E-state index contributed by atoms with van der Waals surface area (Å²) in [7, 11) is 0. The SMILES string of the molecule is CC(=CCl)CN1CCOCC1CNC1CC1. The van der Waals surface area contributed by atoms with Crippen molar-refractivity contribution < 1.29 is 4.74 Å². The fourth-order valence-corrected chi connectivity index (χ4v) is 2.10. The van der Waals surface area contributed by atoms with Gasteiger partial charge in [-0.1, -0.05) is 11.6 Å². The molecule has 0 radical (unpaired) electrons. The Balaban J connectivity index is 1.80. The minimum absolute atomic E-state index is 0.501. The van der Waals surface area contributed by atoms with Gasteiger partial charge in [0.1, 0.15) is 0 Å². The summed E-state index contributed by atoms with van der Waals surface area (Å²) in [6.07, 6.45) is 2.68. The number of morpholine rings is 1. The first kappa shape index (κ1) is 12.4. The van der Waals surface area contributed by atoms with Gasteiger partial charge in [0.2, 0.25) is 0 Å². The first-order valence-electron chi connectivity index (χ1n) is 6.10. The molecule has 16 heavy (non-hydrogen) atoms. The molecule has 0 aromatic carbocycles. The van der Waals surface area contributed by atoms with Crippen molar-refractivity contribution in [2.45, 2.75) is 31.8 Å². The van der Waals surface area contributed by atoms with E-state index >= 15 is 0 Å². The third kappa shape index (κ3) is 3.74. The molecule has 92 valence electrons. The Morgan fingerprint density at radius 2 is 2.38 bits per heavy atom. The lowest BCUT2D eigenvalue weighted by Crippen LogP contribution is -2.51. The van der Waals surface area contributed by atoms with Gasteiger partial charge in [0.15, 0.2) is 0 Å². The quantitative estimate of drug-likeness (QED) is 0.795. The van der Waals surface area contributed by atoms with E-state index in [4.69, 9.17) is 16.3 Å².